The molecule has 3 aromatic carbocycles. The third-order valence-electron chi connectivity index (χ3n) is 5.10. The molecule has 35 heavy (non-hydrogen) atoms. The maximum Gasteiger partial charge on any atom is 0.416 e. The van der Waals surface area contributed by atoms with Crippen molar-refractivity contribution in [2.45, 2.75) is 12.3 Å². The Morgan fingerprint density at radius 2 is 1.77 bits per heavy atom. The predicted molar refractivity (Wildman–Crippen MR) is 126 cm³/mol. The highest BCUT2D eigenvalue weighted by Gasteiger charge is 2.31. The van der Waals surface area contributed by atoms with Crippen LogP contribution in [0.1, 0.15) is 27.7 Å². The van der Waals surface area contributed by atoms with Crippen LogP contribution in [0.5, 0.6) is 11.5 Å². The standard InChI is InChI=1S/C25H16Cl2F4N2O2/c26-18-9-8-14(10-19(18)27)20(28)12-33-24(34)23-17-6-1-2-7-21(17)32-13-22(23)35-16-5-3-4-15(11-16)25(29,30)31/h1-11,13,20H,12H2,(H,33,34)/t20-/m1/s1. The molecular formula is C25H16Cl2F4N2O2. The summed E-state index contributed by atoms with van der Waals surface area (Å²) in [5.74, 6) is -0.899. The summed E-state index contributed by atoms with van der Waals surface area (Å²) in [4.78, 5) is 17.4. The molecule has 1 aromatic heterocycles. The normalized spacial score (nSPS) is 12.4. The zero-order chi connectivity index (χ0) is 25.2. The SMILES string of the molecule is O=C(NC[C@@H](F)c1ccc(Cl)c(Cl)c1)c1c(Oc2cccc(C(F)(F)F)c2)cnc2ccccc12. The summed E-state index contributed by atoms with van der Waals surface area (Å²) >= 11 is 11.8. The number of hydrogen-bond donors (Lipinski definition) is 1. The van der Waals surface area contributed by atoms with Crippen LogP contribution in [-0.4, -0.2) is 17.4 Å². The first-order chi connectivity index (χ1) is 16.6. The Kier molecular flexibility index (Phi) is 7.14. The lowest BCUT2D eigenvalue weighted by Crippen LogP contribution is -2.27. The van der Waals surface area contributed by atoms with Crippen LogP contribution in [0, 0.1) is 0 Å². The zero-order valence-corrected chi connectivity index (χ0v) is 19.3. The van der Waals surface area contributed by atoms with E-state index < -0.39 is 30.4 Å². The van der Waals surface area contributed by atoms with Gasteiger partial charge in [0.15, 0.2) is 5.75 Å². The number of aromatic nitrogens is 1. The number of fused-ring (bicyclic) bond motifs is 1. The zero-order valence-electron chi connectivity index (χ0n) is 17.7. The van der Waals surface area contributed by atoms with E-state index in [2.05, 4.69) is 10.3 Å². The van der Waals surface area contributed by atoms with Crippen LogP contribution in [0.15, 0.2) is 72.9 Å². The number of nitrogens with zero attached hydrogens (tertiary/aromatic N) is 1. The van der Waals surface area contributed by atoms with Gasteiger partial charge in [0.2, 0.25) is 0 Å². The van der Waals surface area contributed by atoms with Crippen LogP contribution < -0.4 is 10.1 Å². The van der Waals surface area contributed by atoms with Crippen molar-refractivity contribution in [3.05, 3.63) is 99.7 Å². The first kappa shape index (κ1) is 24.8. The number of pyridine rings is 1. The number of carbonyl (C=O) groups is 1. The van der Waals surface area contributed by atoms with E-state index in [1.54, 1.807) is 24.3 Å². The van der Waals surface area contributed by atoms with Crippen LogP contribution in [0.4, 0.5) is 17.6 Å². The van der Waals surface area contributed by atoms with Crippen LogP contribution >= 0.6 is 23.2 Å². The van der Waals surface area contributed by atoms with Gasteiger partial charge >= 0.3 is 6.18 Å². The highest BCUT2D eigenvalue weighted by Crippen LogP contribution is 2.35. The molecule has 1 amide bonds. The summed E-state index contributed by atoms with van der Waals surface area (Å²) in [5, 5.41) is 3.34. The van der Waals surface area contributed by atoms with E-state index in [9.17, 15) is 22.4 Å². The Morgan fingerprint density at radius 1 is 1.00 bits per heavy atom. The van der Waals surface area contributed by atoms with Crippen molar-refractivity contribution in [2.24, 2.45) is 0 Å². The van der Waals surface area contributed by atoms with E-state index in [4.69, 9.17) is 27.9 Å². The molecule has 0 aliphatic rings. The first-order valence-electron chi connectivity index (χ1n) is 10.2. The maximum absolute atomic E-state index is 14.8. The summed E-state index contributed by atoms with van der Waals surface area (Å²) in [6, 6.07) is 15.2. The quantitative estimate of drug-likeness (QED) is 0.263. The van der Waals surface area contributed by atoms with Crippen LogP contribution in [0.25, 0.3) is 10.9 Å². The van der Waals surface area contributed by atoms with Crippen molar-refractivity contribution < 1.29 is 27.1 Å². The van der Waals surface area contributed by atoms with Gasteiger partial charge in [-0.1, -0.05) is 53.5 Å². The molecule has 0 bridgehead atoms. The molecule has 10 heteroatoms. The van der Waals surface area contributed by atoms with Crippen molar-refractivity contribution in [1.29, 1.82) is 0 Å². The van der Waals surface area contributed by atoms with E-state index in [-0.39, 0.29) is 32.7 Å². The third kappa shape index (κ3) is 5.66. The number of rotatable bonds is 6. The van der Waals surface area contributed by atoms with E-state index in [1.807, 2.05) is 0 Å². The van der Waals surface area contributed by atoms with Gasteiger partial charge in [-0.25, -0.2) is 4.39 Å². The molecule has 0 spiro atoms. The van der Waals surface area contributed by atoms with Gasteiger partial charge in [-0.05, 0) is 42.0 Å². The van der Waals surface area contributed by atoms with Crippen LogP contribution in [-0.2, 0) is 6.18 Å². The number of hydrogen-bond acceptors (Lipinski definition) is 3. The monoisotopic (exact) mass is 522 g/mol. The number of ether oxygens (including phenoxy) is 1. The minimum atomic E-state index is -4.57. The number of amides is 1. The highest BCUT2D eigenvalue weighted by molar-refractivity contribution is 6.42. The molecule has 0 aliphatic carbocycles. The third-order valence-corrected chi connectivity index (χ3v) is 5.84. The second-order valence-electron chi connectivity index (χ2n) is 7.49. The molecule has 0 fully saturated rings. The average Bonchev–Trinajstić information content (AvgIpc) is 2.83. The number of alkyl halides is 4. The predicted octanol–water partition coefficient (Wildman–Crippen LogP) is 7.79. The molecule has 180 valence electrons. The minimum Gasteiger partial charge on any atom is -0.455 e. The first-order valence-corrected chi connectivity index (χ1v) is 11.0. The van der Waals surface area contributed by atoms with E-state index in [0.29, 0.717) is 10.9 Å². The Hall–Kier alpha value is -3.36. The number of para-hydroxylation sites is 1. The van der Waals surface area contributed by atoms with Gasteiger partial charge in [-0.3, -0.25) is 9.78 Å². The smallest absolute Gasteiger partial charge is 0.416 e. The lowest BCUT2D eigenvalue weighted by Gasteiger charge is -2.16. The van der Waals surface area contributed by atoms with Crippen molar-refractivity contribution in [1.82, 2.24) is 10.3 Å². The Morgan fingerprint density at radius 3 is 2.51 bits per heavy atom. The van der Waals surface area contributed by atoms with Gasteiger partial charge in [0.1, 0.15) is 11.9 Å². The van der Waals surface area contributed by atoms with Gasteiger partial charge in [0.25, 0.3) is 5.91 Å². The van der Waals surface area contributed by atoms with Crippen molar-refractivity contribution in [2.75, 3.05) is 6.54 Å². The average molecular weight is 523 g/mol. The van der Waals surface area contributed by atoms with E-state index in [0.717, 1.165) is 12.1 Å². The summed E-state index contributed by atoms with van der Waals surface area (Å²) < 4.78 is 59.7. The van der Waals surface area contributed by atoms with Gasteiger partial charge in [-0.15, -0.1) is 0 Å². The number of benzene rings is 3. The topological polar surface area (TPSA) is 51.2 Å². The molecule has 0 saturated carbocycles. The fourth-order valence-corrected chi connectivity index (χ4v) is 3.70. The molecule has 0 unspecified atom stereocenters. The summed E-state index contributed by atoms with van der Waals surface area (Å²) in [7, 11) is 0. The maximum atomic E-state index is 14.8. The largest absolute Gasteiger partial charge is 0.455 e. The molecular weight excluding hydrogens is 507 g/mol. The van der Waals surface area contributed by atoms with E-state index >= 15 is 0 Å². The van der Waals surface area contributed by atoms with Gasteiger partial charge in [0.05, 0.1) is 39.4 Å². The lowest BCUT2D eigenvalue weighted by atomic mass is 10.1. The summed E-state index contributed by atoms with van der Waals surface area (Å²) in [6.45, 7) is -0.392. The number of halogens is 6. The Labute approximate surface area is 207 Å². The van der Waals surface area contributed by atoms with Gasteiger partial charge < -0.3 is 10.1 Å². The van der Waals surface area contributed by atoms with E-state index in [1.165, 1.54) is 36.5 Å². The molecule has 4 aromatic rings. The number of nitrogens with one attached hydrogen (secondary N) is 1. The highest BCUT2D eigenvalue weighted by atomic mass is 35.5. The Bertz CT molecular complexity index is 1400. The minimum absolute atomic E-state index is 0.00866. The van der Waals surface area contributed by atoms with Crippen LogP contribution in [0.2, 0.25) is 10.0 Å². The second-order valence-corrected chi connectivity index (χ2v) is 8.31. The second kappa shape index (κ2) is 10.1. The van der Waals surface area contributed by atoms with Crippen molar-refractivity contribution >= 4 is 40.0 Å². The molecule has 0 radical (unpaired) electrons. The van der Waals surface area contributed by atoms with Crippen molar-refractivity contribution in [3.8, 4) is 11.5 Å². The fraction of sp³-hybridized carbons (Fsp3) is 0.120. The van der Waals surface area contributed by atoms with Crippen molar-refractivity contribution in [3.63, 3.8) is 0 Å². The molecule has 0 saturated heterocycles. The molecule has 1 N–H and O–H groups in total. The van der Waals surface area contributed by atoms with Crippen LogP contribution in [0.3, 0.4) is 0 Å². The molecule has 1 heterocycles. The van der Waals surface area contributed by atoms with Gasteiger partial charge in [-0.2, -0.15) is 13.2 Å². The lowest BCUT2D eigenvalue weighted by molar-refractivity contribution is -0.137. The Balaban J connectivity index is 1.63. The molecule has 0 aliphatic heterocycles. The number of carbonyl (C=O) groups excluding carboxylic acids is 1. The molecule has 1 atom stereocenters. The molecule has 4 nitrogen and oxygen atoms in total. The summed E-state index contributed by atoms with van der Waals surface area (Å²) in [5.41, 5.74) is -0.221. The van der Waals surface area contributed by atoms with Gasteiger partial charge in [0, 0.05) is 5.39 Å². The summed E-state index contributed by atoms with van der Waals surface area (Å²) in [6.07, 6.45) is -4.92. The fourth-order valence-electron chi connectivity index (χ4n) is 3.39. The molecule has 4 rings (SSSR count).